The molecule has 4 saturated carbocycles. The summed E-state index contributed by atoms with van der Waals surface area (Å²) in [4.78, 5) is 23.2. The molecule has 5 fully saturated rings. The summed E-state index contributed by atoms with van der Waals surface area (Å²) in [6, 6.07) is 0. The maximum atomic E-state index is 12.5. The third-order valence-electron chi connectivity index (χ3n) is 8.68. The van der Waals surface area contributed by atoms with Gasteiger partial charge < -0.3 is 24.8 Å². The van der Waals surface area contributed by atoms with Crippen molar-refractivity contribution < 1.29 is 19.4 Å². The molecule has 8 heteroatoms. The van der Waals surface area contributed by atoms with Crippen LogP contribution in [0.1, 0.15) is 56.2 Å². The van der Waals surface area contributed by atoms with Crippen LogP contribution in [-0.2, 0) is 22.4 Å². The van der Waals surface area contributed by atoms with E-state index in [0.29, 0.717) is 39.3 Å². The zero-order chi connectivity index (χ0) is 21.7. The third-order valence-corrected chi connectivity index (χ3v) is 8.68. The lowest BCUT2D eigenvalue weighted by atomic mass is 9.48. The summed E-state index contributed by atoms with van der Waals surface area (Å²) in [5.74, 6) is 3.27. The average molecular weight is 443 g/mol. The van der Waals surface area contributed by atoms with Crippen molar-refractivity contribution in [2.75, 3.05) is 31.6 Å². The number of rotatable bonds is 5. The maximum Gasteiger partial charge on any atom is 0.410 e. The van der Waals surface area contributed by atoms with Gasteiger partial charge in [-0.3, -0.25) is 0 Å². The monoisotopic (exact) mass is 442 g/mol. The van der Waals surface area contributed by atoms with Gasteiger partial charge in [-0.1, -0.05) is 0 Å². The largest absolute Gasteiger partial charge is 0.444 e. The summed E-state index contributed by atoms with van der Waals surface area (Å²) in [6.07, 6.45) is 9.92. The van der Waals surface area contributed by atoms with Crippen LogP contribution in [0.2, 0.25) is 0 Å². The van der Waals surface area contributed by atoms with Crippen molar-refractivity contribution in [1.82, 2.24) is 14.9 Å². The van der Waals surface area contributed by atoms with Gasteiger partial charge >= 0.3 is 6.09 Å². The molecule has 0 aromatic carbocycles. The number of carbonyl (C=O) groups is 1. The highest BCUT2D eigenvalue weighted by Crippen LogP contribution is 2.61. The quantitative estimate of drug-likeness (QED) is 0.724. The Kier molecular flexibility index (Phi) is 5.25. The van der Waals surface area contributed by atoms with E-state index in [1.54, 1.807) is 11.2 Å². The van der Waals surface area contributed by atoms with E-state index in [0.717, 1.165) is 41.2 Å². The molecule has 174 valence electrons. The molecule has 1 saturated heterocycles. The van der Waals surface area contributed by atoms with Crippen molar-refractivity contribution >= 4 is 11.9 Å². The average Bonchev–Trinajstić information content (AvgIpc) is 3.29. The normalized spacial score (nSPS) is 36.1. The van der Waals surface area contributed by atoms with E-state index in [4.69, 9.17) is 9.47 Å². The number of hydrogen-bond donors (Lipinski definition) is 2. The predicted octanol–water partition coefficient (Wildman–Crippen LogP) is 2.75. The second kappa shape index (κ2) is 8.13. The van der Waals surface area contributed by atoms with Crippen LogP contribution in [0.5, 0.6) is 0 Å². The van der Waals surface area contributed by atoms with E-state index in [1.807, 2.05) is 0 Å². The first kappa shape index (κ1) is 20.7. The molecule has 4 bridgehead atoms. The summed E-state index contributed by atoms with van der Waals surface area (Å²) in [5.41, 5.74) is 2.01. The zero-order valence-corrected chi connectivity index (χ0v) is 18.7. The lowest BCUT2D eigenvalue weighted by molar-refractivity contribution is -0.115. The molecule has 2 N–H and O–H groups in total. The van der Waals surface area contributed by atoms with Gasteiger partial charge in [-0.05, 0) is 68.1 Å². The van der Waals surface area contributed by atoms with Gasteiger partial charge in [0.25, 0.3) is 0 Å². The van der Waals surface area contributed by atoms with Gasteiger partial charge in [0.1, 0.15) is 18.2 Å². The van der Waals surface area contributed by atoms with E-state index >= 15 is 0 Å². The van der Waals surface area contributed by atoms with E-state index in [1.165, 1.54) is 38.5 Å². The van der Waals surface area contributed by atoms with Crippen molar-refractivity contribution in [1.29, 1.82) is 0 Å². The summed E-state index contributed by atoms with van der Waals surface area (Å²) < 4.78 is 10.9. The van der Waals surface area contributed by atoms with Crippen LogP contribution >= 0.6 is 0 Å². The summed E-state index contributed by atoms with van der Waals surface area (Å²) in [5, 5.41) is 14.7. The van der Waals surface area contributed by atoms with Crippen LogP contribution in [0.3, 0.4) is 0 Å². The fourth-order valence-corrected chi connectivity index (χ4v) is 7.48. The Labute approximate surface area is 189 Å². The minimum absolute atomic E-state index is 0.0966. The molecule has 0 radical (unpaired) electrons. The number of ether oxygens (including phenoxy) is 2. The Morgan fingerprint density at radius 3 is 2.69 bits per heavy atom. The zero-order valence-electron chi connectivity index (χ0n) is 18.7. The molecule has 7 rings (SSSR count). The van der Waals surface area contributed by atoms with Gasteiger partial charge in [-0.25, -0.2) is 14.8 Å². The first-order valence-electron chi connectivity index (χ1n) is 12.4. The third kappa shape index (κ3) is 3.75. The van der Waals surface area contributed by atoms with Crippen molar-refractivity contribution in [3.05, 3.63) is 17.6 Å². The first-order chi connectivity index (χ1) is 15.6. The van der Waals surface area contributed by atoms with Gasteiger partial charge in [-0.2, -0.15) is 0 Å². The fourth-order valence-electron chi connectivity index (χ4n) is 7.48. The number of nitrogens with zero attached hydrogens (tertiary/aromatic N) is 3. The van der Waals surface area contributed by atoms with Crippen molar-refractivity contribution in [3.8, 4) is 0 Å². The van der Waals surface area contributed by atoms with Crippen molar-refractivity contribution in [2.24, 2.45) is 23.2 Å². The maximum absolute atomic E-state index is 12.5. The number of anilines is 1. The summed E-state index contributed by atoms with van der Waals surface area (Å²) in [7, 11) is 0. The van der Waals surface area contributed by atoms with Crippen LogP contribution in [0.15, 0.2) is 6.33 Å². The topological polar surface area (TPSA) is 96.8 Å². The number of aromatic nitrogens is 2. The number of aliphatic hydroxyl groups is 1. The summed E-state index contributed by atoms with van der Waals surface area (Å²) >= 11 is 0. The number of amides is 1. The highest BCUT2D eigenvalue weighted by Gasteiger charge is 2.53. The molecular formula is C24H34N4O4. The van der Waals surface area contributed by atoms with Gasteiger partial charge in [-0.15, -0.1) is 0 Å². The molecular weight excluding hydrogens is 408 g/mol. The Hall–Kier alpha value is -1.93. The molecule has 1 aromatic rings. The number of nitrogens with one attached hydrogen (secondary N) is 1. The van der Waals surface area contributed by atoms with Gasteiger partial charge in [0.2, 0.25) is 0 Å². The Balaban J connectivity index is 1.09. The summed E-state index contributed by atoms with van der Waals surface area (Å²) in [6.45, 7) is 2.68. The SMILES string of the molecule is O=C(O[C@H]1CCOC1)N1CCc2c(ncnc2NCC(O)C23CC4CC(CC(C4)C2)C3)C1. The first-order valence-corrected chi connectivity index (χ1v) is 12.4. The number of hydrogen-bond acceptors (Lipinski definition) is 7. The molecule has 1 aromatic heterocycles. The number of fused-ring (bicyclic) bond motifs is 1. The van der Waals surface area contributed by atoms with Crippen LogP contribution in [0.25, 0.3) is 0 Å². The van der Waals surface area contributed by atoms with Gasteiger partial charge in [0.15, 0.2) is 0 Å². The van der Waals surface area contributed by atoms with E-state index in [-0.39, 0.29) is 23.7 Å². The van der Waals surface area contributed by atoms with Gasteiger partial charge in [0.05, 0.1) is 31.6 Å². The molecule has 4 aliphatic carbocycles. The Morgan fingerprint density at radius 1 is 1.25 bits per heavy atom. The second-order valence-corrected chi connectivity index (χ2v) is 10.9. The van der Waals surface area contributed by atoms with Crippen molar-refractivity contribution in [2.45, 2.75) is 70.1 Å². The van der Waals surface area contributed by atoms with E-state index in [2.05, 4.69) is 15.3 Å². The molecule has 6 aliphatic rings. The predicted molar refractivity (Wildman–Crippen MR) is 117 cm³/mol. The van der Waals surface area contributed by atoms with E-state index < -0.39 is 0 Å². The highest BCUT2D eigenvalue weighted by molar-refractivity contribution is 5.68. The van der Waals surface area contributed by atoms with Crippen LogP contribution in [0, 0.1) is 23.2 Å². The van der Waals surface area contributed by atoms with E-state index in [9.17, 15) is 9.90 Å². The van der Waals surface area contributed by atoms with Crippen LogP contribution < -0.4 is 5.32 Å². The minimum atomic E-state index is -0.342. The second-order valence-electron chi connectivity index (χ2n) is 10.9. The van der Waals surface area contributed by atoms with Gasteiger partial charge in [0, 0.05) is 25.1 Å². The molecule has 1 unspecified atom stereocenters. The highest BCUT2D eigenvalue weighted by atomic mass is 16.6. The molecule has 1 amide bonds. The molecule has 0 spiro atoms. The molecule has 32 heavy (non-hydrogen) atoms. The lowest BCUT2D eigenvalue weighted by Gasteiger charge is -2.58. The van der Waals surface area contributed by atoms with Crippen LogP contribution in [-0.4, -0.2) is 64.6 Å². The number of carbonyl (C=O) groups excluding carboxylic acids is 1. The Bertz CT molecular complexity index is 836. The molecule has 2 aliphatic heterocycles. The number of aliphatic hydroxyl groups excluding tert-OH is 1. The fraction of sp³-hybridized carbons (Fsp3) is 0.792. The molecule has 2 atom stereocenters. The molecule has 3 heterocycles. The van der Waals surface area contributed by atoms with Crippen molar-refractivity contribution in [3.63, 3.8) is 0 Å². The lowest BCUT2D eigenvalue weighted by Crippen LogP contribution is -2.53. The molecule has 8 nitrogen and oxygen atoms in total. The smallest absolute Gasteiger partial charge is 0.410 e. The standard InChI is InChI=1S/C24H34N4O4/c29-21(24-8-15-5-16(9-24)7-17(6-15)10-24)11-25-22-19-1-3-28(12-20(19)26-14-27-22)23(30)32-18-2-4-31-13-18/h14-18,21,29H,1-13H2,(H,25,26,27)/t15?,16?,17?,18-,21?,24?/m0/s1. The minimum Gasteiger partial charge on any atom is -0.444 e. The van der Waals surface area contributed by atoms with Crippen LogP contribution in [0.4, 0.5) is 10.6 Å². The Morgan fingerprint density at radius 2 is 2.00 bits per heavy atom.